The number of nitrogens with one attached hydrogen (secondary N) is 1. The first-order valence-electron chi connectivity index (χ1n) is 9.04. The highest BCUT2D eigenvalue weighted by molar-refractivity contribution is 8.03. The van der Waals surface area contributed by atoms with Gasteiger partial charge in [-0.2, -0.15) is 21.6 Å². The number of sulfonamides is 1. The molecule has 2 saturated carbocycles. The van der Waals surface area contributed by atoms with Crippen LogP contribution in [0.5, 0.6) is 0 Å². The van der Waals surface area contributed by atoms with Gasteiger partial charge in [0, 0.05) is 0 Å². The Hall–Kier alpha value is -0.920. The molecular weight excluding hydrogens is 427 g/mol. The molecule has 0 heterocycles. The summed E-state index contributed by atoms with van der Waals surface area (Å²) < 4.78 is 93.3. The number of alkyl halides is 3. The second-order valence-electron chi connectivity index (χ2n) is 7.23. The standard InChI is InChI=1S/C15H24F3NO7S2/c1-2-14(8-3-4-9-14)25-13(20)10-11-6-5-7-12(11)26-28(23,24)19-27(21,22)15(16,17)18/h11-12,19H,2-10H2,1H3. The number of hydrogen-bond acceptors (Lipinski definition) is 7. The minimum Gasteiger partial charge on any atom is -0.459 e. The fourth-order valence-electron chi connectivity index (χ4n) is 3.77. The molecular formula is C15H24F3NO7S2. The second kappa shape index (κ2) is 8.44. The summed E-state index contributed by atoms with van der Waals surface area (Å²) in [5.74, 6) is -1.11. The molecule has 2 fully saturated rings. The van der Waals surface area contributed by atoms with E-state index in [2.05, 4.69) is 4.18 Å². The van der Waals surface area contributed by atoms with Crippen molar-refractivity contribution < 1.29 is 43.7 Å². The Kier molecular flexibility index (Phi) is 7.04. The van der Waals surface area contributed by atoms with E-state index in [9.17, 15) is 34.8 Å². The van der Waals surface area contributed by atoms with Crippen molar-refractivity contribution in [1.29, 1.82) is 0 Å². The average molecular weight is 451 g/mol. The van der Waals surface area contributed by atoms with Crippen LogP contribution in [0.25, 0.3) is 0 Å². The van der Waals surface area contributed by atoms with Crippen LogP contribution in [-0.4, -0.2) is 40.0 Å². The van der Waals surface area contributed by atoms with E-state index in [4.69, 9.17) is 4.74 Å². The second-order valence-corrected chi connectivity index (χ2v) is 10.5. The lowest BCUT2D eigenvalue weighted by Gasteiger charge is -2.29. The topological polar surface area (TPSA) is 116 Å². The number of esters is 1. The predicted molar refractivity (Wildman–Crippen MR) is 91.4 cm³/mol. The number of halogens is 3. The molecule has 0 amide bonds. The lowest BCUT2D eigenvalue weighted by atomic mass is 9.98. The quantitative estimate of drug-likeness (QED) is 0.564. The molecule has 164 valence electrons. The first-order valence-corrected chi connectivity index (χ1v) is 11.9. The SMILES string of the molecule is CCC1(OC(=O)CC2CCCC2OS(=O)(=O)NS(=O)(=O)C(F)(F)F)CCCC1. The van der Waals surface area contributed by atoms with Gasteiger partial charge in [0.1, 0.15) is 5.60 Å². The van der Waals surface area contributed by atoms with Gasteiger partial charge < -0.3 is 4.74 Å². The highest BCUT2D eigenvalue weighted by Gasteiger charge is 2.49. The summed E-state index contributed by atoms with van der Waals surface area (Å²) >= 11 is 0. The molecule has 0 aliphatic heterocycles. The fourth-order valence-corrected chi connectivity index (χ4v) is 5.96. The third-order valence-corrected chi connectivity index (χ3v) is 8.08. The van der Waals surface area contributed by atoms with Gasteiger partial charge >= 0.3 is 31.8 Å². The summed E-state index contributed by atoms with van der Waals surface area (Å²) in [4.78, 5) is 12.3. The van der Waals surface area contributed by atoms with Gasteiger partial charge in [-0.3, -0.25) is 8.98 Å². The molecule has 2 aliphatic carbocycles. The van der Waals surface area contributed by atoms with Crippen molar-refractivity contribution in [2.45, 2.75) is 81.9 Å². The Balaban J connectivity index is 1.98. The molecule has 0 bridgehead atoms. The number of ether oxygens (including phenoxy) is 1. The minimum atomic E-state index is -6.12. The van der Waals surface area contributed by atoms with Crippen LogP contribution in [0.1, 0.15) is 64.7 Å². The van der Waals surface area contributed by atoms with Crippen LogP contribution in [0, 0.1) is 5.92 Å². The number of carbonyl (C=O) groups is 1. The zero-order valence-electron chi connectivity index (χ0n) is 15.3. The molecule has 8 nitrogen and oxygen atoms in total. The van der Waals surface area contributed by atoms with E-state index >= 15 is 0 Å². The summed E-state index contributed by atoms with van der Waals surface area (Å²) in [6.07, 6.45) is 3.91. The van der Waals surface area contributed by atoms with Gasteiger partial charge in [0.25, 0.3) is 0 Å². The van der Waals surface area contributed by atoms with Crippen molar-refractivity contribution in [3.05, 3.63) is 0 Å². The van der Waals surface area contributed by atoms with E-state index < -0.39 is 49.4 Å². The van der Waals surface area contributed by atoms with Crippen LogP contribution < -0.4 is 4.13 Å². The number of hydrogen-bond donors (Lipinski definition) is 1. The van der Waals surface area contributed by atoms with Gasteiger partial charge in [-0.05, 0) is 50.9 Å². The molecule has 0 saturated heterocycles. The zero-order valence-corrected chi connectivity index (χ0v) is 17.0. The Morgan fingerprint density at radius 3 is 2.25 bits per heavy atom. The van der Waals surface area contributed by atoms with Crippen LogP contribution in [-0.2, 0) is 34.0 Å². The minimum absolute atomic E-state index is 0.145. The van der Waals surface area contributed by atoms with Crippen molar-refractivity contribution in [1.82, 2.24) is 4.13 Å². The first kappa shape index (κ1) is 23.4. The van der Waals surface area contributed by atoms with Crippen molar-refractivity contribution >= 4 is 26.3 Å². The Morgan fingerprint density at radius 2 is 1.71 bits per heavy atom. The smallest absolute Gasteiger partial charge is 0.459 e. The normalized spacial score (nSPS) is 25.7. The van der Waals surface area contributed by atoms with Crippen LogP contribution in [0.2, 0.25) is 0 Å². The van der Waals surface area contributed by atoms with Crippen LogP contribution in [0.3, 0.4) is 0 Å². The molecule has 2 unspecified atom stereocenters. The number of rotatable bonds is 8. The molecule has 2 atom stereocenters. The third kappa shape index (κ3) is 5.80. The zero-order chi connectivity index (χ0) is 21.2. The van der Waals surface area contributed by atoms with Gasteiger partial charge in [-0.25, -0.2) is 8.42 Å². The van der Waals surface area contributed by atoms with Crippen molar-refractivity contribution in [3.63, 3.8) is 0 Å². The highest BCUT2D eigenvalue weighted by Crippen LogP contribution is 2.38. The Bertz CT molecular complexity index is 774. The predicted octanol–water partition coefficient (Wildman–Crippen LogP) is 2.51. The molecule has 0 aromatic carbocycles. The summed E-state index contributed by atoms with van der Waals surface area (Å²) in [5, 5.41) is 0. The largest absolute Gasteiger partial charge is 0.512 e. The van der Waals surface area contributed by atoms with Gasteiger partial charge in [-0.15, -0.1) is 0 Å². The molecule has 28 heavy (non-hydrogen) atoms. The van der Waals surface area contributed by atoms with E-state index in [0.29, 0.717) is 23.4 Å². The first-order chi connectivity index (χ1) is 12.8. The average Bonchev–Trinajstić information content (AvgIpc) is 3.15. The van der Waals surface area contributed by atoms with Crippen LogP contribution in [0.4, 0.5) is 13.2 Å². The van der Waals surface area contributed by atoms with Gasteiger partial charge in [0.15, 0.2) is 0 Å². The van der Waals surface area contributed by atoms with Crippen LogP contribution >= 0.6 is 0 Å². The number of carbonyl (C=O) groups excluding carboxylic acids is 1. The van der Waals surface area contributed by atoms with Gasteiger partial charge in [0.2, 0.25) is 0 Å². The molecule has 13 heteroatoms. The van der Waals surface area contributed by atoms with Crippen molar-refractivity contribution in [2.75, 3.05) is 0 Å². The Morgan fingerprint density at radius 1 is 1.11 bits per heavy atom. The summed E-state index contributed by atoms with van der Waals surface area (Å²) in [7, 11) is -11.3. The molecule has 0 aromatic rings. The molecule has 0 aromatic heterocycles. The van der Waals surface area contributed by atoms with Crippen molar-refractivity contribution in [2.24, 2.45) is 5.92 Å². The maximum atomic E-state index is 12.4. The van der Waals surface area contributed by atoms with E-state index in [-0.39, 0.29) is 12.8 Å². The van der Waals surface area contributed by atoms with Gasteiger partial charge in [-0.1, -0.05) is 17.5 Å². The third-order valence-electron chi connectivity index (χ3n) is 5.27. The van der Waals surface area contributed by atoms with Crippen molar-refractivity contribution in [3.8, 4) is 0 Å². The Labute approximate surface area is 162 Å². The fraction of sp³-hybridized carbons (Fsp3) is 0.933. The van der Waals surface area contributed by atoms with E-state index in [1.165, 1.54) is 0 Å². The van der Waals surface area contributed by atoms with E-state index in [1.807, 2.05) is 6.92 Å². The maximum absolute atomic E-state index is 12.4. The van der Waals surface area contributed by atoms with Crippen LogP contribution in [0.15, 0.2) is 0 Å². The summed E-state index contributed by atoms with van der Waals surface area (Å²) in [6, 6.07) is 0. The summed E-state index contributed by atoms with van der Waals surface area (Å²) in [5.41, 5.74) is -6.31. The lowest BCUT2D eigenvalue weighted by molar-refractivity contribution is -0.161. The monoisotopic (exact) mass is 451 g/mol. The van der Waals surface area contributed by atoms with Gasteiger partial charge in [0.05, 0.1) is 12.5 Å². The highest BCUT2D eigenvalue weighted by atomic mass is 32.3. The molecule has 0 spiro atoms. The summed E-state index contributed by atoms with van der Waals surface area (Å²) in [6.45, 7) is 1.92. The van der Waals surface area contributed by atoms with E-state index in [1.54, 1.807) is 0 Å². The molecule has 1 N–H and O–H groups in total. The molecule has 2 rings (SSSR count). The maximum Gasteiger partial charge on any atom is 0.512 e. The van der Waals surface area contributed by atoms with E-state index in [0.717, 1.165) is 25.7 Å². The lowest BCUT2D eigenvalue weighted by Crippen LogP contribution is -2.42. The molecule has 2 aliphatic rings. The molecule has 0 radical (unpaired) electrons.